The van der Waals surface area contributed by atoms with Crippen LogP contribution in [0.25, 0.3) is 0 Å². The Bertz CT molecular complexity index is 208. The Labute approximate surface area is 67.0 Å². The second-order valence-electron chi connectivity index (χ2n) is 2.11. The fourth-order valence-corrected chi connectivity index (χ4v) is 0.929. The third-order valence-corrected chi connectivity index (χ3v) is 2.25. The van der Waals surface area contributed by atoms with Crippen LogP contribution in [0.3, 0.4) is 0 Å². The molecule has 0 bridgehead atoms. The maximum absolute atomic E-state index is 10.7. The standard InChI is InChI=1S/C6H13NO3S/c1-3-11(8,9)5-4-10-6(2)7/h3,6H,1,4-5,7H2,2H3. The molecule has 0 amide bonds. The Kier molecular flexibility index (Phi) is 4.32. The van der Waals surface area contributed by atoms with Crippen molar-refractivity contribution in [3.8, 4) is 0 Å². The average molecular weight is 179 g/mol. The molecule has 0 aliphatic carbocycles. The summed E-state index contributed by atoms with van der Waals surface area (Å²) in [5.74, 6) is -0.0575. The fraction of sp³-hybridized carbons (Fsp3) is 0.667. The fourth-order valence-electron chi connectivity index (χ4n) is 0.433. The first kappa shape index (κ1) is 10.6. The van der Waals surface area contributed by atoms with Crippen LogP contribution < -0.4 is 5.73 Å². The lowest BCUT2D eigenvalue weighted by molar-refractivity contribution is 0.0828. The molecule has 0 heterocycles. The van der Waals surface area contributed by atoms with Crippen molar-refractivity contribution >= 4 is 9.84 Å². The van der Waals surface area contributed by atoms with Crippen LogP contribution in [-0.4, -0.2) is 27.0 Å². The lowest BCUT2D eigenvalue weighted by atomic mass is 10.7. The summed E-state index contributed by atoms with van der Waals surface area (Å²) in [6.07, 6.45) is -0.421. The van der Waals surface area contributed by atoms with Gasteiger partial charge < -0.3 is 10.5 Å². The minimum atomic E-state index is -3.13. The number of ether oxygens (including phenoxy) is 1. The molecule has 0 aliphatic rings. The van der Waals surface area contributed by atoms with Crippen molar-refractivity contribution in [3.05, 3.63) is 12.0 Å². The van der Waals surface area contributed by atoms with E-state index in [4.69, 9.17) is 10.5 Å². The van der Waals surface area contributed by atoms with Crippen LogP contribution in [-0.2, 0) is 14.6 Å². The van der Waals surface area contributed by atoms with Gasteiger partial charge in [-0.15, -0.1) is 0 Å². The molecule has 0 aromatic rings. The van der Waals surface area contributed by atoms with Crippen molar-refractivity contribution in [2.24, 2.45) is 5.73 Å². The second kappa shape index (κ2) is 4.48. The minimum absolute atomic E-state index is 0.0575. The Morgan fingerprint density at radius 2 is 2.27 bits per heavy atom. The molecule has 1 unspecified atom stereocenters. The Morgan fingerprint density at radius 1 is 1.73 bits per heavy atom. The summed E-state index contributed by atoms with van der Waals surface area (Å²) in [5.41, 5.74) is 5.22. The van der Waals surface area contributed by atoms with Crippen molar-refractivity contribution in [3.63, 3.8) is 0 Å². The molecule has 11 heavy (non-hydrogen) atoms. The van der Waals surface area contributed by atoms with Crippen LogP contribution in [0.2, 0.25) is 0 Å². The van der Waals surface area contributed by atoms with E-state index >= 15 is 0 Å². The molecule has 0 fully saturated rings. The normalized spacial score (nSPS) is 14.4. The molecule has 0 aromatic carbocycles. The van der Waals surface area contributed by atoms with Gasteiger partial charge in [-0.1, -0.05) is 6.58 Å². The molecule has 0 rings (SSSR count). The highest BCUT2D eigenvalue weighted by atomic mass is 32.2. The van der Waals surface area contributed by atoms with E-state index in [1.807, 2.05) is 0 Å². The largest absolute Gasteiger partial charge is 0.363 e. The zero-order chi connectivity index (χ0) is 8.91. The quantitative estimate of drug-likeness (QED) is 0.597. The summed E-state index contributed by atoms with van der Waals surface area (Å²) in [4.78, 5) is 0. The number of rotatable bonds is 5. The van der Waals surface area contributed by atoms with Gasteiger partial charge in [0.15, 0.2) is 9.84 Å². The molecule has 0 spiro atoms. The third kappa shape index (κ3) is 6.03. The van der Waals surface area contributed by atoms with Gasteiger partial charge in [-0.3, -0.25) is 0 Å². The molecule has 5 heteroatoms. The van der Waals surface area contributed by atoms with Crippen LogP contribution >= 0.6 is 0 Å². The van der Waals surface area contributed by atoms with E-state index in [0.29, 0.717) is 0 Å². The first-order valence-electron chi connectivity index (χ1n) is 3.20. The zero-order valence-electron chi connectivity index (χ0n) is 6.49. The topological polar surface area (TPSA) is 69.4 Å². The zero-order valence-corrected chi connectivity index (χ0v) is 7.30. The molecule has 2 N–H and O–H groups in total. The van der Waals surface area contributed by atoms with Crippen molar-refractivity contribution in [1.82, 2.24) is 0 Å². The molecular formula is C6H13NO3S. The highest BCUT2D eigenvalue weighted by Crippen LogP contribution is 1.91. The van der Waals surface area contributed by atoms with E-state index < -0.39 is 16.1 Å². The van der Waals surface area contributed by atoms with Gasteiger partial charge in [-0.05, 0) is 6.92 Å². The lowest BCUT2D eigenvalue weighted by Gasteiger charge is -2.05. The predicted octanol–water partition coefficient (Wildman–Crippen LogP) is -0.134. The molecule has 4 nitrogen and oxygen atoms in total. The van der Waals surface area contributed by atoms with Gasteiger partial charge in [0, 0.05) is 5.41 Å². The van der Waals surface area contributed by atoms with E-state index in [0.717, 1.165) is 5.41 Å². The number of hydrogen-bond acceptors (Lipinski definition) is 4. The van der Waals surface area contributed by atoms with Gasteiger partial charge >= 0.3 is 0 Å². The highest BCUT2D eigenvalue weighted by Gasteiger charge is 2.04. The van der Waals surface area contributed by atoms with E-state index in [1.54, 1.807) is 6.92 Å². The number of sulfone groups is 1. The van der Waals surface area contributed by atoms with Crippen molar-refractivity contribution in [2.45, 2.75) is 13.2 Å². The summed E-state index contributed by atoms with van der Waals surface area (Å²) in [7, 11) is -3.13. The van der Waals surface area contributed by atoms with E-state index in [2.05, 4.69) is 6.58 Å². The minimum Gasteiger partial charge on any atom is -0.363 e. The SMILES string of the molecule is C=CS(=O)(=O)CCOC(C)N. The number of nitrogens with two attached hydrogens (primary N) is 1. The molecule has 0 aromatic heterocycles. The van der Waals surface area contributed by atoms with Gasteiger partial charge in [0.25, 0.3) is 0 Å². The molecule has 66 valence electrons. The second-order valence-corrected chi connectivity index (χ2v) is 4.18. The maximum Gasteiger partial charge on any atom is 0.173 e. The first-order chi connectivity index (χ1) is 4.98. The maximum atomic E-state index is 10.7. The Balaban J connectivity index is 3.64. The molecule has 0 saturated carbocycles. The lowest BCUT2D eigenvalue weighted by Crippen LogP contribution is -2.22. The van der Waals surface area contributed by atoms with Gasteiger partial charge in [0.1, 0.15) is 6.23 Å². The number of hydrogen-bond donors (Lipinski definition) is 1. The summed E-state index contributed by atoms with van der Waals surface area (Å²) >= 11 is 0. The monoisotopic (exact) mass is 179 g/mol. The van der Waals surface area contributed by atoms with Gasteiger partial charge in [0.2, 0.25) is 0 Å². The van der Waals surface area contributed by atoms with E-state index in [1.165, 1.54) is 0 Å². The van der Waals surface area contributed by atoms with E-state index in [9.17, 15) is 8.42 Å². The Hall–Kier alpha value is -0.390. The van der Waals surface area contributed by atoms with Crippen LogP contribution in [0.5, 0.6) is 0 Å². The van der Waals surface area contributed by atoms with Crippen molar-refractivity contribution in [1.29, 1.82) is 0 Å². The third-order valence-electron chi connectivity index (χ3n) is 1.00. The van der Waals surface area contributed by atoms with Crippen LogP contribution in [0, 0.1) is 0 Å². The van der Waals surface area contributed by atoms with Crippen LogP contribution in [0.15, 0.2) is 12.0 Å². The van der Waals surface area contributed by atoms with E-state index in [-0.39, 0.29) is 12.4 Å². The molecule has 1 atom stereocenters. The molecule has 0 aliphatic heterocycles. The Morgan fingerprint density at radius 3 is 2.64 bits per heavy atom. The summed E-state index contributed by atoms with van der Waals surface area (Å²) in [5, 5.41) is 0.914. The molecular weight excluding hydrogens is 166 g/mol. The van der Waals surface area contributed by atoms with Crippen LogP contribution in [0.4, 0.5) is 0 Å². The summed E-state index contributed by atoms with van der Waals surface area (Å²) in [6.45, 7) is 4.91. The molecule has 0 radical (unpaired) electrons. The summed E-state index contributed by atoms with van der Waals surface area (Å²) in [6, 6.07) is 0. The predicted molar refractivity (Wildman–Crippen MR) is 43.6 cm³/mol. The van der Waals surface area contributed by atoms with Crippen molar-refractivity contribution < 1.29 is 13.2 Å². The van der Waals surface area contributed by atoms with Gasteiger partial charge in [0.05, 0.1) is 12.4 Å². The van der Waals surface area contributed by atoms with Crippen molar-refractivity contribution in [2.75, 3.05) is 12.4 Å². The first-order valence-corrected chi connectivity index (χ1v) is 4.92. The van der Waals surface area contributed by atoms with Crippen LogP contribution in [0.1, 0.15) is 6.92 Å². The molecule has 0 saturated heterocycles. The van der Waals surface area contributed by atoms with Gasteiger partial charge in [-0.2, -0.15) is 0 Å². The smallest absolute Gasteiger partial charge is 0.173 e. The summed E-state index contributed by atoms with van der Waals surface area (Å²) < 4.78 is 26.3. The highest BCUT2D eigenvalue weighted by molar-refractivity contribution is 7.94. The van der Waals surface area contributed by atoms with Gasteiger partial charge in [-0.25, -0.2) is 8.42 Å². The average Bonchev–Trinajstić information content (AvgIpc) is 1.87.